The quantitative estimate of drug-likeness (QED) is 0.509. The van der Waals surface area contributed by atoms with Crippen molar-refractivity contribution in [3.63, 3.8) is 0 Å². The van der Waals surface area contributed by atoms with Gasteiger partial charge in [0.2, 0.25) is 0 Å². The molecule has 0 unspecified atom stereocenters. The number of carbonyl (C=O) groups excluding carboxylic acids is 1. The van der Waals surface area contributed by atoms with Crippen LogP contribution in [0.2, 0.25) is 0 Å². The first kappa shape index (κ1) is 19.7. The molecule has 1 amide bonds. The average molecular weight is 425 g/mol. The van der Waals surface area contributed by atoms with Crippen LogP contribution in [0.1, 0.15) is 10.5 Å². The molecule has 8 nitrogen and oxygen atoms in total. The van der Waals surface area contributed by atoms with Gasteiger partial charge >= 0.3 is 0 Å². The van der Waals surface area contributed by atoms with Gasteiger partial charge in [0.25, 0.3) is 5.91 Å². The number of benzene rings is 2. The molecule has 0 bridgehead atoms. The number of hydrogen-bond donors (Lipinski definition) is 2. The summed E-state index contributed by atoms with van der Waals surface area (Å²) in [5, 5.41) is 9.88. The number of carbonyl (C=O) groups is 1. The third-order valence-corrected chi connectivity index (χ3v) is 5.51. The maximum atomic E-state index is 12.7. The molecule has 1 aliphatic heterocycles. The summed E-state index contributed by atoms with van der Waals surface area (Å²) < 4.78 is 0. The molecule has 0 radical (unpaired) electrons. The molecule has 160 valence electrons. The fourth-order valence-electron chi connectivity index (χ4n) is 3.80. The van der Waals surface area contributed by atoms with Gasteiger partial charge in [0.05, 0.1) is 5.69 Å². The van der Waals surface area contributed by atoms with Crippen molar-refractivity contribution >= 4 is 23.2 Å². The third kappa shape index (κ3) is 4.29. The Labute approximate surface area is 185 Å². The largest absolute Gasteiger partial charge is 0.368 e. The molecule has 1 fully saturated rings. The maximum Gasteiger partial charge on any atom is 0.274 e. The Balaban J connectivity index is 1.23. The second-order valence-corrected chi connectivity index (χ2v) is 7.56. The summed E-state index contributed by atoms with van der Waals surface area (Å²) in [6.07, 6.45) is 1.48. The number of piperazine rings is 1. The highest BCUT2D eigenvalue weighted by atomic mass is 16.2. The molecule has 0 atom stereocenters. The zero-order valence-electron chi connectivity index (χ0n) is 17.5. The zero-order chi connectivity index (χ0) is 21.8. The molecule has 32 heavy (non-hydrogen) atoms. The van der Waals surface area contributed by atoms with Crippen molar-refractivity contribution < 1.29 is 4.79 Å². The number of aromatic amines is 1. The summed E-state index contributed by atoms with van der Waals surface area (Å²) >= 11 is 0. The van der Waals surface area contributed by atoms with Gasteiger partial charge in [0.15, 0.2) is 0 Å². The lowest BCUT2D eigenvalue weighted by molar-refractivity contribution is 0.102. The first-order valence-electron chi connectivity index (χ1n) is 10.6. The van der Waals surface area contributed by atoms with Gasteiger partial charge in [-0.2, -0.15) is 5.10 Å². The Kier molecular flexibility index (Phi) is 5.48. The van der Waals surface area contributed by atoms with Crippen LogP contribution >= 0.6 is 0 Å². The van der Waals surface area contributed by atoms with E-state index < -0.39 is 0 Å². The zero-order valence-corrected chi connectivity index (χ0v) is 17.5. The SMILES string of the molecule is O=C(Nc1cc(N2CCN(c3ccccc3)CC2)ncn1)c1cc(-c2ccccc2)n[nH]1. The van der Waals surface area contributed by atoms with E-state index in [1.807, 2.05) is 42.5 Å². The van der Waals surface area contributed by atoms with E-state index in [1.54, 1.807) is 6.07 Å². The first-order valence-corrected chi connectivity index (χ1v) is 10.6. The van der Waals surface area contributed by atoms with Crippen LogP contribution < -0.4 is 15.1 Å². The Morgan fingerprint density at radius 2 is 1.53 bits per heavy atom. The van der Waals surface area contributed by atoms with Gasteiger partial charge in [-0.3, -0.25) is 9.89 Å². The van der Waals surface area contributed by atoms with E-state index in [-0.39, 0.29) is 5.91 Å². The Morgan fingerprint density at radius 3 is 2.28 bits per heavy atom. The van der Waals surface area contributed by atoms with E-state index in [9.17, 15) is 4.79 Å². The second kappa shape index (κ2) is 8.89. The lowest BCUT2D eigenvalue weighted by Gasteiger charge is -2.36. The summed E-state index contributed by atoms with van der Waals surface area (Å²) in [6, 6.07) is 23.7. The van der Waals surface area contributed by atoms with Crippen molar-refractivity contribution in [3.8, 4) is 11.3 Å². The Bertz CT molecular complexity index is 1190. The normalized spacial score (nSPS) is 13.8. The minimum absolute atomic E-state index is 0.293. The van der Waals surface area contributed by atoms with E-state index in [0.717, 1.165) is 43.3 Å². The van der Waals surface area contributed by atoms with Crippen LogP contribution in [0.4, 0.5) is 17.3 Å². The van der Waals surface area contributed by atoms with Gasteiger partial charge in [-0.15, -0.1) is 0 Å². The number of rotatable bonds is 5. The summed E-state index contributed by atoms with van der Waals surface area (Å²) in [6.45, 7) is 3.51. The van der Waals surface area contributed by atoms with Gasteiger partial charge in [0.1, 0.15) is 23.7 Å². The predicted octanol–water partition coefficient (Wildman–Crippen LogP) is 3.45. The number of amides is 1. The molecule has 0 aliphatic carbocycles. The highest BCUT2D eigenvalue weighted by Crippen LogP contribution is 2.21. The molecule has 4 aromatic rings. The smallest absolute Gasteiger partial charge is 0.274 e. The van der Waals surface area contributed by atoms with Gasteiger partial charge < -0.3 is 15.1 Å². The minimum atomic E-state index is -0.293. The summed E-state index contributed by atoms with van der Waals surface area (Å²) in [5.74, 6) is 0.970. The van der Waals surface area contributed by atoms with Gasteiger partial charge in [0, 0.05) is 43.5 Å². The molecule has 5 rings (SSSR count). The van der Waals surface area contributed by atoms with Crippen LogP contribution in [0, 0.1) is 0 Å². The summed E-state index contributed by atoms with van der Waals surface area (Å²) in [7, 11) is 0. The number of nitrogens with one attached hydrogen (secondary N) is 2. The van der Waals surface area contributed by atoms with Crippen LogP contribution in [-0.2, 0) is 0 Å². The van der Waals surface area contributed by atoms with Gasteiger partial charge in [-0.25, -0.2) is 9.97 Å². The molecule has 8 heteroatoms. The summed E-state index contributed by atoms with van der Waals surface area (Å²) in [5.41, 5.74) is 3.27. The Hall–Kier alpha value is -4.20. The maximum absolute atomic E-state index is 12.7. The fourth-order valence-corrected chi connectivity index (χ4v) is 3.80. The van der Waals surface area contributed by atoms with Gasteiger partial charge in [-0.1, -0.05) is 48.5 Å². The summed E-state index contributed by atoms with van der Waals surface area (Å²) in [4.78, 5) is 25.9. The molecule has 2 aromatic carbocycles. The van der Waals surface area contributed by atoms with Crippen molar-refractivity contribution in [3.05, 3.63) is 84.8 Å². The van der Waals surface area contributed by atoms with Crippen molar-refractivity contribution in [2.75, 3.05) is 41.3 Å². The van der Waals surface area contributed by atoms with Crippen LogP contribution in [-0.4, -0.2) is 52.3 Å². The highest BCUT2D eigenvalue weighted by Gasteiger charge is 2.19. The van der Waals surface area contributed by atoms with Crippen LogP contribution in [0.15, 0.2) is 79.1 Å². The van der Waals surface area contributed by atoms with E-state index in [0.29, 0.717) is 11.5 Å². The molecule has 1 saturated heterocycles. The van der Waals surface area contributed by atoms with Crippen LogP contribution in [0.25, 0.3) is 11.3 Å². The topological polar surface area (TPSA) is 90.0 Å². The molecule has 2 aromatic heterocycles. The molecule has 1 aliphatic rings. The van der Waals surface area contributed by atoms with E-state index in [1.165, 1.54) is 12.0 Å². The predicted molar refractivity (Wildman–Crippen MR) is 125 cm³/mol. The van der Waals surface area contributed by atoms with Crippen molar-refractivity contribution in [1.82, 2.24) is 20.2 Å². The molecule has 2 N–H and O–H groups in total. The standard InChI is InChI=1S/C24H23N7O/c32-24(21-15-20(28-29-21)18-7-3-1-4-8-18)27-22-16-23(26-17-25-22)31-13-11-30(12-14-31)19-9-5-2-6-10-19/h1-10,15-17H,11-14H2,(H,28,29)(H,25,26,27,32). The highest BCUT2D eigenvalue weighted by molar-refractivity contribution is 6.03. The number of anilines is 3. The van der Waals surface area contributed by atoms with Crippen LogP contribution in [0.3, 0.4) is 0 Å². The van der Waals surface area contributed by atoms with Crippen molar-refractivity contribution in [1.29, 1.82) is 0 Å². The number of aromatic nitrogens is 4. The first-order chi connectivity index (χ1) is 15.8. The average Bonchev–Trinajstić information content (AvgIpc) is 3.36. The van der Waals surface area contributed by atoms with Crippen LogP contribution in [0.5, 0.6) is 0 Å². The van der Waals surface area contributed by atoms with E-state index >= 15 is 0 Å². The second-order valence-electron chi connectivity index (χ2n) is 7.56. The lowest BCUT2D eigenvalue weighted by Crippen LogP contribution is -2.46. The molecule has 3 heterocycles. The fraction of sp³-hybridized carbons (Fsp3) is 0.167. The van der Waals surface area contributed by atoms with E-state index in [2.05, 4.69) is 59.5 Å². The van der Waals surface area contributed by atoms with Gasteiger partial charge in [-0.05, 0) is 18.2 Å². The Morgan fingerprint density at radius 1 is 0.844 bits per heavy atom. The monoisotopic (exact) mass is 425 g/mol. The lowest BCUT2D eigenvalue weighted by atomic mass is 10.1. The number of hydrogen-bond acceptors (Lipinski definition) is 6. The van der Waals surface area contributed by atoms with E-state index in [4.69, 9.17) is 0 Å². The number of para-hydroxylation sites is 1. The molecular weight excluding hydrogens is 402 g/mol. The number of nitrogens with zero attached hydrogens (tertiary/aromatic N) is 5. The number of H-pyrrole nitrogens is 1. The minimum Gasteiger partial charge on any atom is -0.368 e. The van der Waals surface area contributed by atoms with Crippen molar-refractivity contribution in [2.24, 2.45) is 0 Å². The molecule has 0 saturated carbocycles. The molecule has 0 spiro atoms. The molecular formula is C24H23N7O. The third-order valence-electron chi connectivity index (χ3n) is 5.51. The van der Waals surface area contributed by atoms with Crippen molar-refractivity contribution in [2.45, 2.75) is 0 Å².